The van der Waals surface area contributed by atoms with Crippen LogP contribution in [0.3, 0.4) is 0 Å². The number of ether oxygens (including phenoxy) is 1. The van der Waals surface area contributed by atoms with E-state index in [1.54, 1.807) is 48.5 Å². The average molecular weight is 473 g/mol. The number of para-hydroxylation sites is 2. The molecule has 2 N–H and O–H groups in total. The maximum Gasteiger partial charge on any atom is 0.326 e. The third-order valence-electron chi connectivity index (χ3n) is 5.67. The summed E-state index contributed by atoms with van der Waals surface area (Å²) in [6.07, 6.45) is 0.913. The number of hydrogen-bond donors (Lipinski definition) is 2. The zero-order chi connectivity index (χ0) is 24.8. The number of rotatable bonds is 7. The molecule has 0 atom stereocenters. The van der Waals surface area contributed by atoms with Gasteiger partial charge in [-0.05, 0) is 67.4 Å². The Morgan fingerprint density at radius 3 is 2.14 bits per heavy atom. The largest absolute Gasteiger partial charge is 0.494 e. The Morgan fingerprint density at radius 1 is 0.857 bits per heavy atom. The first-order valence-corrected chi connectivity index (χ1v) is 11.6. The molecule has 0 aromatic heterocycles. The fourth-order valence-corrected chi connectivity index (χ4v) is 3.88. The Balaban J connectivity index is 1.47. The molecule has 0 bridgehead atoms. The number of carbonyl (C=O) groups is 3. The SMILES string of the molecule is CCOc1ccc(NC(=O)N2CC(=O)N(CC(=O)Nc3ccc(CC)cc3)c3ccccc32)cc1. The highest BCUT2D eigenvalue weighted by atomic mass is 16.5. The van der Waals surface area contributed by atoms with E-state index in [-0.39, 0.29) is 24.9 Å². The maximum absolute atomic E-state index is 13.0. The Morgan fingerprint density at radius 2 is 1.49 bits per heavy atom. The number of carbonyl (C=O) groups excluding carboxylic acids is 3. The maximum atomic E-state index is 13.0. The first kappa shape index (κ1) is 23.8. The minimum Gasteiger partial charge on any atom is -0.494 e. The summed E-state index contributed by atoms with van der Waals surface area (Å²) in [5.74, 6) is 0.0472. The molecule has 1 heterocycles. The van der Waals surface area contributed by atoms with Crippen LogP contribution in [-0.2, 0) is 16.0 Å². The Labute approximate surface area is 204 Å². The third-order valence-corrected chi connectivity index (χ3v) is 5.67. The van der Waals surface area contributed by atoms with Gasteiger partial charge in [-0.15, -0.1) is 0 Å². The second-order valence-electron chi connectivity index (χ2n) is 8.04. The van der Waals surface area contributed by atoms with E-state index >= 15 is 0 Å². The van der Waals surface area contributed by atoms with Crippen molar-refractivity contribution in [1.29, 1.82) is 0 Å². The predicted octanol–water partition coefficient (Wildman–Crippen LogP) is 4.67. The van der Waals surface area contributed by atoms with Crippen LogP contribution >= 0.6 is 0 Å². The molecule has 1 aliphatic heterocycles. The molecule has 0 saturated heterocycles. The van der Waals surface area contributed by atoms with Crippen LogP contribution in [0.2, 0.25) is 0 Å². The van der Waals surface area contributed by atoms with Crippen molar-refractivity contribution in [2.45, 2.75) is 20.3 Å². The Hall–Kier alpha value is -4.33. The van der Waals surface area contributed by atoms with Crippen LogP contribution in [0.1, 0.15) is 19.4 Å². The zero-order valence-electron chi connectivity index (χ0n) is 19.8. The number of benzene rings is 3. The van der Waals surface area contributed by atoms with Crippen LogP contribution in [0.15, 0.2) is 72.8 Å². The molecule has 0 fully saturated rings. The van der Waals surface area contributed by atoms with Crippen LogP contribution in [0.25, 0.3) is 0 Å². The van der Waals surface area contributed by atoms with Crippen LogP contribution in [0.4, 0.5) is 27.5 Å². The summed E-state index contributed by atoms with van der Waals surface area (Å²) in [7, 11) is 0. The Bertz CT molecular complexity index is 1210. The van der Waals surface area contributed by atoms with Gasteiger partial charge in [0.2, 0.25) is 11.8 Å². The van der Waals surface area contributed by atoms with Gasteiger partial charge in [0.1, 0.15) is 18.8 Å². The molecule has 1 aliphatic rings. The lowest BCUT2D eigenvalue weighted by Gasteiger charge is -2.35. The summed E-state index contributed by atoms with van der Waals surface area (Å²) in [4.78, 5) is 41.6. The molecule has 8 heteroatoms. The van der Waals surface area contributed by atoms with Crippen molar-refractivity contribution in [2.24, 2.45) is 0 Å². The molecular formula is C27H28N4O4. The summed E-state index contributed by atoms with van der Waals surface area (Å²) in [6.45, 7) is 4.18. The first-order valence-electron chi connectivity index (χ1n) is 11.6. The summed E-state index contributed by atoms with van der Waals surface area (Å²) < 4.78 is 5.43. The third kappa shape index (κ3) is 5.60. The summed E-state index contributed by atoms with van der Waals surface area (Å²) in [6, 6.07) is 21.2. The smallest absolute Gasteiger partial charge is 0.326 e. The van der Waals surface area contributed by atoms with Gasteiger partial charge in [0, 0.05) is 11.4 Å². The van der Waals surface area contributed by atoms with Gasteiger partial charge in [0.05, 0.1) is 18.0 Å². The zero-order valence-corrected chi connectivity index (χ0v) is 19.8. The van der Waals surface area contributed by atoms with E-state index in [4.69, 9.17) is 4.74 Å². The van der Waals surface area contributed by atoms with Crippen molar-refractivity contribution in [3.05, 3.63) is 78.4 Å². The minimum absolute atomic E-state index is 0.153. The molecule has 4 rings (SSSR count). The predicted molar refractivity (Wildman–Crippen MR) is 137 cm³/mol. The number of hydrogen-bond acceptors (Lipinski definition) is 4. The lowest BCUT2D eigenvalue weighted by molar-refractivity contribution is -0.120. The molecule has 0 unspecified atom stereocenters. The van der Waals surface area contributed by atoms with E-state index in [0.29, 0.717) is 35.1 Å². The van der Waals surface area contributed by atoms with Gasteiger partial charge in [0.15, 0.2) is 0 Å². The first-order chi connectivity index (χ1) is 17.0. The standard InChI is InChI=1S/C27H28N4O4/c1-3-19-9-11-20(12-10-19)28-25(32)17-30-23-7-5-6-8-24(23)31(18-26(30)33)27(34)29-21-13-15-22(16-14-21)35-4-2/h5-16H,3-4,17-18H2,1-2H3,(H,28,32)(H,29,34). The van der Waals surface area contributed by atoms with Crippen molar-refractivity contribution in [3.63, 3.8) is 0 Å². The molecule has 35 heavy (non-hydrogen) atoms. The average Bonchev–Trinajstić information content (AvgIpc) is 2.87. The second-order valence-corrected chi connectivity index (χ2v) is 8.04. The Kier molecular flexibility index (Phi) is 7.30. The molecular weight excluding hydrogens is 444 g/mol. The lowest BCUT2D eigenvalue weighted by Crippen LogP contribution is -2.51. The van der Waals surface area contributed by atoms with Gasteiger partial charge in [0.25, 0.3) is 0 Å². The van der Waals surface area contributed by atoms with Crippen molar-refractivity contribution in [3.8, 4) is 5.75 Å². The second kappa shape index (κ2) is 10.7. The molecule has 4 amide bonds. The number of urea groups is 1. The summed E-state index contributed by atoms with van der Waals surface area (Å²) >= 11 is 0. The van der Waals surface area contributed by atoms with E-state index in [1.165, 1.54) is 15.4 Å². The van der Waals surface area contributed by atoms with Crippen LogP contribution in [0.5, 0.6) is 5.75 Å². The number of anilines is 4. The van der Waals surface area contributed by atoms with E-state index in [9.17, 15) is 14.4 Å². The highest BCUT2D eigenvalue weighted by Crippen LogP contribution is 2.33. The van der Waals surface area contributed by atoms with Gasteiger partial charge >= 0.3 is 6.03 Å². The van der Waals surface area contributed by atoms with Crippen molar-refractivity contribution < 1.29 is 19.1 Å². The van der Waals surface area contributed by atoms with E-state index in [0.717, 1.165) is 6.42 Å². The van der Waals surface area contributed by atoms with Gasteiger partial charge in [-0.25, -0.2) is 4.79 Å². The molecule has 180 valence electrons. The fourth-order valence-electron chi connectivity index (χ4n) is 3.88. The fraction of sp³-hybridized carbons (Fsp3) is 0.222. The number of amides is 4. The van der Waals surface area contributed by atoms with Gasteiger partial charge < -0.3 is 15.4 Å². The van der Waals surface area contributed by atoms with Crippen LogP contribution in [-0.4, -0.2) is 37.5 Å². The number of nitrogens with one attached hydrogen (secondary N) is 2. The molecule has 0 aliphatic carbocycles. The van der Waals surface area contributed by atoms with Gasteiger partial charge in [-0.1, -0.05) is 31.2 Å². The van der Waals surface area contributed by atoms with E-state index < -0.39 is 6.03 Å². The number of aryl methyl sites for hydroxylation is 1. The summed E-state index contributed by atoms with van der Waals surface area (Å²) in [5, 5.41) is 5.66. The molecule has 8 nitrogen and oxygen atoms in total. The van der Waals surface area contributed by atoms with Gasteiger partial charge in [-0.3, -0.25) is 19.4 Å². The molecule has 0 saturated carbocycles. The van der Waals surface area contributed by atoms with Crippen molar-refractivity contribution in [1.82, 2.24) is 0 Å². The molecule has 0 spiro atoms. The minimum atomic E-state index is -0.435. The summed E-state index contributed by atoms with van der Waals surface area (Å²) in [5.41, 5.74) is 3.48. The highest BCUT2D eigenvalue weighted by Gasteiger charge is 2.33. The monoisotopic (exact) mass is 472 g/mol. The molecule has 0 radical (unpaired) electrons. The van der Waals surface area contributed by atoms with E-state index in [2.05, 4.69) is 17.6 Å². The van der Waals surface area contributed by atoms with Gasteiger partial charge in [-0.2, -0.15) is 0 Å². The topological polar surface area (TPSA) is 91.0 Å². The van der Waals surface area contributed by atoms with Crippen LogP contribution < -0.4 is 25.2 Å². The van der Waals surface area contributed by atoms with Crippen molar-refractivity contribution >= 4 is 40.6 Å². The van der Waals surface area contributed by atoms with Crippen molar-refractivity contribution in [2.75, 3.05) is 40.1 Å². The number of nitrogens with zero attached hydrogens (tertiary/aromatic N) is 2. The van der Waals surface area contributed by atoms with Crippen LogP contribution in [0, 0.1) is 0 Å². The lowest BCUT2D eigenvalue weighted by atomic mass is 10.1. The highest BCUT2D eigenvalue weighted by molar-refractivity contribution is 6.15. The number of fused-ring (bicyclic) bond motifs is 1. The van der Waals surface area contributed by atoms with E-state index in [1.807, 2.05) is 31.2 Å². The normalized spacial score (nSPS) is 12.7. The quantitative estimate of drug-likeness (QED) is 0.523. The molecule has 3 aromatic rings. The molecule has 3 aromatic carbocycles.